The van der Waals surface area contributed by atoms with E-state index in [1.807, 2.05) is 30.3 Å². The molecule has 0 atom stereocenters. The summed E-state index contributed by atoms with van der Waals surface area (Å²) in [4.78, 5) is 16.4. The number of hydrogen-bond donors (Lipinski definition) is 1. The standard InChI is InChI=1S/C16H20N2O/c1-2-3-4-5-11-18-16(19)14-8-6-10-15-13(14)9-7-12-17-15/h6-10,12H,2-5,11H2,1H3,(H,18,19). The summed E-state index contributed by atoms with van der Waals surface area (Å²) < 4.78 is 0. The molecule has 1 aromatic heterocycles. The van der Waals surface area contributed by atoms with Gasteiger partial charge in [-0.15, -0.1) is 0 Å². The Morgan fingerprint density at radius 2 is 2.05 bits per heavy atom. The molecule has 0 aliphatic carbocycles. The first-order valence-corrected chi connectivity index (χ1v) is 6.95. The average Bonchev–Trinajstić information content (AvgIpc) is 2.46. The molecule has 0 aliphatic rings. The van der Waals surface area contributed by atoms with Gasteiger partial charge in [0.1, 0.15) is 0 Å². The van der Waals surface area contributed by atoms with E-state index in [-0.39, 0.29) is 5.91 Å². The van der Waals surface area contributed by atoms with Crippen LogP contribution in [0.1, 0.15) is 43.0 Å². The van der Waals surface area contributed by atoms with Crippen LogP contribution >= 0.6 is 0 Å². The number of hydrogen-bond acceptors (Lipinski definition) is 2. The summed E-state index contributed by atoms with van der Waals surface area (Å²) in [6, 6.07) is 9.45. The molecule has 0 unspecified atom stereocenters. The van der Waals surface area contributed by atoms with Crippen LogP contribution < -0.4 is 5.32 Å². The normalized spacial score (nSPS) is 10.6. The number of benzene rings is 1. The molecule has 3 heteroatoms. The monoisotopic (exact) mass is 256 g/mol. The molecule has 1 heterocycles. The van der Waals surface area contributed by atoms with E-state index in [0.29, 0.717) is 5.56 Å². The third-order valence-corrected chi connectivity index (χ3v) is 3.21. The van der Waals surface area contributed by atoms with Crippen LogP contribution in [0.3, 0.4) is 0 Å². The second-order valence-electron chi connectivity index (χ2n) is 4.69. The number of carbonyl (C=O) groups is 1. The van der Waals surface area contributed by atoms with Gasteiger partial charge in [0, 0.05) is 23.7 Å². The van der Waals surface area contributed by atoms with Gasteiger partial charge < -0.3 is 5.32 Å². The first kappa shape index (κ1) is 13.5. The van der Waals surface area contributed by atoms with E-state index in [2.05, 4.69) is 17.2 Å². The highest BCUT2D eigenvalue weighted by Gasteiger charge is 2.08. The molecule has 0 radical (unpaired) electrons. The van der Waals surface area contributed by atoms with E-state index in [1.165, 1.54) is 19.3 Å². The maximum absolute atomic E-state index is 12.2. The molecular formula is C16H20N2O. The van der Waals surface area contributed by atoms with Crippen molar-refractivity contribution in [1.82, 2.24) is 10.3 Å². The second kappa shape index (κ2) is 6.88. The van der Waals surface area contributed by atoms with E-state index >= 15 is 0 Å². The van der Waals surface area contributed by atoms with Crippen molar-refractivity contribution in [1.29, 1.82) is 0 Å². The number of fused-ring (bicyclic) bond motifs is 1. The lowest BCUT2D eigenvalue weighted by atomic mass is 10.1. The second-order valence-corrected chi connectivity index (χ2v) is 4.69. The molecule has 0 fully saturated rings. The van der Waals surface area contributed by atoms with E-state index < -0.39 is 0 Å². The number of unbranched alkanes of at least 4 members (excludes halogenated alkanes) is 3. The van der Waals surface area contributed by atoms with Crippen LogP contribution in [0, 0.1) is 0 Å². The Bertz CT molecular complexity index is 546. The third kappa shape index (κ3) is 3.53. The minimum Gasteiger partial charge on any atom is -0.352 e. The largest absolute Gasteiger partial charge is 0.352 e. The predicted molar refractivity (Wildman–Crippen MR) is 78.2 cm³/mol. The zero-order chi connectivity index (χ0) is 13.5. The molecule has 1 aromatic carbocycles. The first-order valence-electron chi connectivity index (χ1n) is 6.95. The quantitative estimate of drug-likeness (QED) is 0.803. The van der Waals surface area contributed by atoms with Crippen LogP contribution in [0.25, 0.3) is 10.9 Å². The minimum atomic E-state index is -0.00454. The molecule has 0 bridgehead atoms. The zero-order valence-corrected chi connectivity index (χ0v) is 11.4. The van der Waals surface area contributed by atoms with Gasteiger partial charge in [-0.2, -0.15) is 0 Å². The number of pyridine rings is 1. The Hall–Kier alpha value is -1.90. The lowest BCUT2D eigenvalue weighted by Gasteiger charge is -2.07. The molecule has 0 saturated heterocycles. The molecule has 1 N–H and O–H groups in total. The van der Waals surface area contributed by atoms with Gasteiger partial charge in [-0.3, -0.25) is 9.78 Å². The number of carbonyl (C=O) groups excluding carboxylic acids is 1. The summed E-state index contributed by atoms with van der Waals surface area (Å²) in [6.45, 7) is 2.93. The summed E-state index contributed by atoms with van der Waals surface area (Å²) in [5, 5.41) is 3.90. The number of nitrogens with one attached hydrogen (secondary N) is 1. The van der Waals surface area contributed by atoms with Crippen molar-refractivity contribution in [2.45, 2.75) is 32.6 Å². The van der Waals surface area contributed by atoms with E-state index in [4.69, 9.17) is 0 Å². The Labute approximate surface area is 114 Å². The van der Waals surface area contributed by atoms with Crippen molar-refractivity contribution >= 4 is 16.8 Å². The molecule has 2 aromatic rings. The molecule has 19 heavy (non-hydrogen) atoms. The van der Waals surface area contributed by atoms with Crippen molar-refractivity contribution in [2.24, 2.45) is 0 Å². The molecular weight excluding hydrogens is 236 g/mol. The molecule has 2 rings (SSSR count). The highest BCUT2D eigenvalue weighted by atomic mass is 16.1. The van der Waals surface area contributed by atoms with Crippen molar-refractivity contribution in [3.05, 3.63) is 42.1 Å². The van der Waals surface area contributed by atoms with Gasteiger partial charge in [-0.25, -0.2) is 0 Å². The third-order valence-electron chi connectivity index (χ3n) is 3.21. The maximum Gasteiger partial charge on any atom is 0.251 e. The van der Waals surface area contributed by atoms with Gasteiger partial charge in [-0.05, 0) is 24.6 Å². The van der Waals surface area contributed by atoms with Crippen LogP contribution in [0.4, 0.5) is 0 Å². The fraction of sp³-hybridized carbons (Fsp3) is 0.375. The number of amides is 1. The molecule has 1 amide bonds. The molecule has 3 nitrogen and oxygen atoms in total. The number of nitrogens with zero attached hydrogens (tertiary/aromatic N) is 1. The van der Waals surface area contributed by atoms with Crippen LogP contribution in [0.2, 0.25) is 0 Å². The fourth-order valence-electron chi connectivity index (χ4n) is 2.15. The lowest BCUT2D eigenvalue weighted by molar-refractivity contribution is 0.0954. The SMILES string of the molecule is CCCCCCNC(=O)c1cccc2ncccc12. The van der Waals surface area contributed by atoms with E-state index in [1.54, 1.807) is 6.20 Å². The predicted octanol–water partition coefficient (Wildman–Crippen LogP) is 3.54. The Morgan fingerprint density at radius 1 is 1.16 bits per heavy atom. The van der Waals surface area contributed by atoms with E-state index in [9.17, 15) is 4.79 Å². The Morgan fingerprint density at radius 3 is 2.89 bits per heavy atom. The molecule has 100 valence electrons. The van der Waals surface area contributed by atoms with Crippen LogP contribution in [0.5, 0.6) is 0 Å². The summed E-state index contributed by atoms with van der Waals surface area (Å²) in [6.07, 6.45) is 6.40. The van der Waals surface area contributed by atoms with Crippen molar-refractivity contribution in [3.63, 3.8) is 0 Å². The topological polar surface area (TPSA) is 42.0 Å². The highest BCUT2D eigenvalue weighted by Crippen LogP contribution is 2.16. The van der Waals surface area contributed by atoms with Crippen LogP contribution in [0.15, 0.2) is 36.5 Å². The van der Waals surface area contributed by atoms with Gasteiger partial charge in [0.05, 0.1) is 5.52 Å². The Balaban J connectivity index is 2.01. The van der Waals surface area contributed by atoms with Gasteiger partial charge in [0.15, 0.2) is 0 Å². The van der Waals surface area contributed by atoms with Gasteiger partial charge in [0.25, 0.3) is 5.91 Å². The lowest BCUT2D eigenvalue weighted by Crippen LogP contribution is -2.24. The highest BCUT2D eigenvalue weighted by molar-refractivity contribution is 6.06. The summed E-state index contributed by atoms with van der Waals surface area (Å²) >= 11 is 0. The molecule has 0 spiro atoms. The number of rotatable bonds is 6. The maximum atomic E-state index is 12.2. The van der Waals surface area contributed by atoms with Crippen molar-refractivity contribution < 1.29 is 4.79 Å². The molecule has 0 aliphatic heterocycles. The van der Waals surface area contributed by atoms with Crippen molar-refractivity contribution in [2.75, 3.05) is 6.54 Å². The fourth-order valence-corrected chi connectivity index (χ4v) is 2.15. The average molecular weight is 256 g/mol. The van der Waals surface area contributed by atoms with Gasteiger partial charge in [0.2, 0.25) is 0 Å². The zero-order valence-electron chi connectivity index (χ0n) is 11.4. The smallest absolute Gasteiger partial charge is 0.251 e. The van der Waals surface area contributed by atoms with E-state index in [0.717, 1.165) is 23.9 Å². The van der Waals surface area contributed by atoms with Gasteiger partial charge in [-0.1, -0.05) is 38.3 Å². The van der Waals surface area contributed by atoms with Crippen LogP contribution in [-0.4, -0.2) is 17.4 Å². The minimum absolute atomic E-state index is 0.00454. The summed E-state index contributed by atoms with van der Waals surface area (Å²) in [5.41, 5.74) is 1.57. The first-order chi connectivity index (χ1) is 9.33. The Kier molecular flexibility index (Phi) is 4.90. The van der Waals surface area contributed by atoms with Crippen LogP contribution in [-0.2, 0) is 0 Å². The van der Waals surface area contributed by atoms with Gasteiger partial charge >= 0.3 is 0 Å². The number of aromatic nitrogens is 1. The van der Waals surface area contributed by atoms with Crippen molar-refractivity contribution in [3.8, 4) is 0 Å². The summed E-state index contributed by atoms with van der Waals surface area (Å²) in [5.74, 6) is -0.00454. The molecule has 0 saturated carbocycles. The summed E-state index contributed by atoms with van der Waals surface area (Å²) in [7, 11) is 0.